The lowest BCUT2D eigenvalue weighted by Crippen LogP contribution is -2.57. The molecule has 1 aromatic rings. The molecule has 5 nitrogen and oxygen atoms in total. The molecule has 1 unspecified atom stereocenters. The number of ketones is 1. The number of hydrogen-bond donors (Lipinski definition) is 0. The molecule has 2 aliphatic heterocycles. The Morgan fingerprint density at radius 2 is 1.67 bits per heavy atom. The van der Waals surface area contributed by atoms with Gasteiger partial charge in [0, 0.05) is 49.1 Å². The average Bonchev–Trinajstić information content (AvgIpc) is 3.04. The van der Waals surface area contributed by atoms with E-state index in [-0.39, 0.29) is 35.4 Å². The van der Waals surface area contributed by atoms with Crippen LogP contribution in [0.2, 0.25) is 0 Å². The van der Waals surface area contributed by atoms with Gasteiger partial charge in [0.25, 0.3) is 0 Å². The van der Waals surface area contributed by atoms with Crippen molar-refractivity contribution in [2.45, 2.75) is 50.9 Å². The van der Waals surface area contributed by atoms with Gasteiger partial charge in [0.05, 0.1) is 5.92 Å². The second-order valence-electron chi connectivity index (χ2n) is 8.62. The molecule has 2 amide bonds. The molecular weight excluding hydrogens is 340 g/mol. The minimum atomic E-state index is -0.0933. The zero-order chi connectivity index (χ0) is 18.5. The van der Waals surface area contributed by atoms with Crippen molar-refractivity contribution in [3.63, 3.8) is 0 Å². The largest absolute Gasteiger partial charge is 0.341 e. The predicted molar refractivity (Wildman–Crippen MR) is 102 cm³/mol. The van der Waals surface area contributed by atoms with Gasteiger partial charge in [-0.3, -0.25) is 14.4 Å². The maximum atomic E-state index is 13.1. The molecule has 2 heterocycles. The van der Waals surface area contributed by atoms with E-state index >= 15 is 0 Å². The zero-order valence-electron chi connectivity index (χ0n) is 15.7. The monoisotopic (exact) mass is 366 g/mol. The summed E-state index contributed by atoms with van der Waals surface area (Å²) >= 11 is 0. The Kier molecular flexibility index (Phi) is 4.06. The van der Waals surface area contributed by atoms with E-state index in [1.807, 2.05) is 28.0 Å². The van der Waals surface area contributed by atoms with Crippen molar-refractivity contribution < 1.29 is 14.4 Å². The maximum absolute atomic E-state index is 13.1. The smallest absolute Gasteiger partial charge is 0.233 e. The Bertz CT molecular complexity index is 806. The summed E-state index contributed by atoms with van der Waals surface area (Å²) in [5.41, 5.74) is 2.81. The first-order valence-electron chi connectivity index (χ1n) is 10.4. The lowest BCUT2D eigenvalue weighted by Gasteiger charge is -2.42. The highest BCUT2D eigenvalue weighted by atomic mass is 16.2. The maximum Gasteiger partial charge on any atom is 0.233 e. The van der Waals surface area contributed by atoms with Crippen LogP contribution in [0.15, 0.2) is 18.2 Å². The first-order valence-corrected chi connectivity index (χ1v) is 10.4. The lowest BCUT2D eigenvalue weighted by molar-refractivity contribution is -0.146. The molecule has 27 heavy (non-hydrogen) atoms. The lowest BCUT2D eigenvalue weighted by atomic mass is 9.83. The second-order valence-corrected chi connectivity index (χ2v) is 8.62. The minimum absolute atomic E-state index is 0.0933. The van der Waals surface area contributed by atoms with Gasteiger partial charge < -0.3 is 9.80 Å². The third-order valence-electron chi connectivity index (χ3n) is 6.97. The molecule has 5 heteroatoms. The topological polar surface area (TPSA) is 57.7 Å². The summed E-state index contributed by atoms with van der Waals surface area (Å²) in [6, 6.07) is 5.76. The van der Waals surface area contributed by atoms with Crippen LogP contribution in [0.4, 0.5) is 5.69 Å². The number of Topliss-reactive ketones (excluding diaryl/α,β-unsaturated/α-hetero) is 1. The fraction of sp³-hybridized carbons (Fsp3) is 0.591. The number of amides is 2. The minimum Gasteiger partial charge on any atom is -0.341 e. The van der Waals surface area contributed by atoms with Crippen molar-refractivity contribution in [1.82, 2.24) is 4.90 Å². The molecule has 4 aliphatic rings. The van der Waals surface area contributed by atoms with Crippen molar-refractivity contribution in [2.24, 2.45) is 11.8 Å². The van der Waals surface area contributed by atoms with Gasteiger partial charge in [-0.05, 0) is 30.9 Å². The van der Waals surface area contributed by atoms with Crippen molar-refractivity contribution in [3.05, 3.63) is 29.3 Å². The van der Waals surface area contributed by atoms with Crippen LogP contribution in [-0.4, -0.2) is 42.1 Å². The first kappa shape index (κ1) is 17.0. The van der Waals surface area contributed by atoms with E-state index < -0.39 is 0 Å². The Labute approximate surface area is 159 Å². The van der Waals surface area contributed by atoms with E-state index in [9.17, 15) is 14.4 Å². The summed E-state index contributed by atoms with van der Waals surface area (Å²) in [7, 11) is 0. The van der Waals surface area contributed by atoms with Crippen LogP contribution in [0.5, 0.6) is 0 Å². The predicted octanol–water partition coefficient (Wildman–Crippen LogP) is 3.13. The van der Waals surface area contributed by atoms with Gasteiger partial charge in [-0.2, -0.15) is 0 Å². The summed E-state index contributed by atoms with van der Waals surface area (Å²) in [5.74, 6) is 0.948. The quantitative estimate of drug-likeness (QED) is 0.808. The third-order valence-corrected chi connectivity index (χ3v) is 6.97. The summed E-state index contributed by atoms with van der Waals surface area (Å²) in [4.78, 5) is 41.7. The molecule has 1 saturated heterocycles. The van der Waals surface area contributed by atoms with Crippen LogP contribution in [0.1, 0.15) is 66.8 Å². The molecule has 1 atom stereocenters. The molecule has 142 valence electrons. The number of carbonyl (C=O) groups excluding carboxylic acids is 3. The van der Waals surface area contributed by atoms with Gasteiger partial charge in [0.15, 0.2) is 5.78 Å². The molecular formula is C22H26N2O3. The third kappa shape index (κ3) is 2.70. The zero-order valence-corrected chi connectivity index (χ0v) is 15.7. The number of anilines is 1. The number of nitrogens with zero attached hydrogens (tertiary/aromatic N) is 2. The van der Waals surface area contributed by atoms with Crippen molar-refractivity contribution in [2.75, 3.05) is 24.5 Å². The molecule has 0 aromatic heterocycles. The van der Waals surface area contributed by atoms with Gasteiger partial charge in [-0.25, -0.2) is 0 Å². The normalized spacial score (nSPS) is 25.3. The van der Waals surface area contributed by atoms with E-state index in [1.165, 1.54) is 6.42 Å². The van der Waals surface area contributed by atoms with Crippen LogP contribution in [0.25, 0.3) is 0 Å². The summed E-state index contributed by atoms with van der Waals surface area (Å²) in [5, 5.41) is 0. The Balaban J connectivity index is 1.27. The molecule has 0 bridgehead atoms. The standard InChI is InChI=1S/C22H26N2O3/c25-19-10-9-15-13-24(18-8-4-7-17(19)20(15)18)22(27)16-11-23(12-16)21(26)14-5-2-1-3-6-14/h4,7-8,14-16H,1-3,5-6,9-13H2. The van der Waals surface area contributed by atoms with Crippen LogP contribution >= 0.6 is 0 Å². The van der Waals surface area contributed by atoms with Crippen molar-refractivity contribution in [3.8, 4) is 0 Å². The van der Waals surface area contributed by atoms with Gasteiger partial charge >= 0.3 is 0 Å². The molecule has 1 aromatic carbocycles. The number of likely N-dealkylation sites (tertiary alicyclic amines) is 1. The summed E-state index contributed by atoms with van der Waals surface area (Å²) < 4.78 is 0. The second kappa shape index (κ2) is 6.47. The highest BCUT2D eigenvalue weighted by Gasteiger charge is 2.44. The van der Waals surface area contributed by atoms with E-state index in [2.05, 4.69) is 0 Å². The number of benzene rings is 1. The number of hydrogen-bond acceptors (Lipinski definition) is 3. The Morgan fingerprint density at radius 1 is 0.889 bits per heavy atom. The Morgan fingerprint density at radius 3 is 2.44 bits per heavy atom. The molecule has 5 rings (SSSR count). The van der Waals surface area contributed by atoms with Crippen LogP contribution in [0.3, 0.4) is 0 Å². The van der Waals surface area contributed by atoms with Crippen LogP contribution in [-0.2, 0) is 9.59 Å². The summed E-state index contributed by atoms with van der Waals surface area (Å²) in [6.45, 7) is 1.80. The van der Waals surface area contributed by atoms with E-state index in [0.717, 1.165) is 48.9 Å². The number of rotatable bonds is 2. The van der Waals surface area contributed by atoms with Crippen molar-refractivity contribution >= 4 is 23.3 Å². The fourth-order valence-corrected chi connectivity index (χ4v) is 5.40. The molecule has 2 fully saturated rings. The first-order chi connectivity index (χ1) is 13.1. The number of carbonyl (C=O) groups is 3. The highest BCUT2D eigenvalue weighted by molar-refractivity contribution is 6.05. The van der Waals surface area contributed by atoms with Gasteiger partial charge in [0.1, 0.15) is 0 Å². The molecule has 0 N–H and O–H groups in total. The van der Waals surface area contributed by atoms with Gasteiger partial charge in [0.2, 0.25) is 11.8 Å². The van der Waals surface area contributed by atoms with E-state index in [1.54, 1.807) is 0 Å². The average molecular weight is 366 g/mol. The SMILES string of the molecule is O=C1CCC2CN(C(=O)C3CN(C(=O)C4CCCCC4)C3)c3cccc1c32. The van der Waals surface area contributed by atoms with Crippen LogP contribution in [0, 0.1) is 11.8 Å². The summed E-state index contributed by atoms with van der Waals surface area (Å²) in [6.07, 6.45) is 6.97. The fourth-order valence-electron chi connectivity index (χ4n) is 5.40. The van der Waals surface area contributed by atoms with Gasteiger partial charge in [-0.1, -0.05) is 31.4 Å². The van der Waals surface area contributed by atoms with E-state index in [4.69, 9.17) is 0 Å². The molecule has 2 aliphatic carbocycles. The highest BCUT2D eigenvalue weighted by Crippen LogP contribution is 2.45. The van der Waals surface area contributed by atoms with Crippen molar-refractivity contribution in [1.29, 1.82) is 0 Å². The molecule has 1 saturated carbocycles. The molecule has 0 spiro atoms. The Hall–Kier alpha value is -2.17. The van der Waals surface area contributed by atoms with Gasteiger partial charge in [-0.15, -0.1) is 0 Å². The van der Waals surface area contributed by atoms with E-state index in [0.29, 0.717) is 26.1 Å². The molecule has 0 radical (unpaired) electrons. The van der Waals surface area contributed by atoms with Crippen LogP contribution < -0.4 is 4.90 Å².